The zero-order valence-electron chi connectivity index (χ0n) is 6.33. The van der Waals surface area contributed by atoms with E-state index in [-0.39, 0.29) is 11.1 Å². The lowest BCUT2D eigenvalue weighted by molar-refractivity contribution is -0.149. The highest BCUT2D eigenvalue weighted by Gasteiger charge is 2.32. The summed E-state index contributed by atoms with van der Waals surface area (Å²) in [4.78, 5) is 22.0. The average molecular weight is 174 g/mol. The van der Waals surface area contributed by atoms with Crippen molar-refractivity contribution in [2.75, 3.05) is 12.4 Å². The van der Waals surface area contributed by atoms with Crippen LogP contribution in [0.5, 0.6) is 0 Å². The fourth-order valence-electron chi connectivity index (χ4n) is 0.953. The van der Waals surface area contributed by atoms with Crippen molar-refractivity contribution in [3.63, 3.8) is 0 Å². The molecule has 0 spiro atoms. The molecule has 1 saturated heterocycles. The molecule has 62 valence electrons. The summed E-state index contributed by atoms with van der Waals surface area (Å²) in [5.74, 6) is -0.0927. The summed E-state index contributed by atoms with van der Waals surface area (Å²) in [7, 11) is 0. The van der Waals surface area contributed by atoms with Gasteiger partial charge in [-0.25, -0.2) is 0 Å². The van der Waals surface area contributed by atoms with Crippen molar-refractivity contribution < 1.29 is 14.3 Å². The molecule has 4 heteroatoms. The molecule has 1 fully saturated rings. The molecule has 0 bridgehead atoms. The second-order valence-corrected chi connectivity index (χ2v) is 3.36. The molecule has 0 radical (unpaired) electrons. The predicted molar refractivity (Wildman–Crippen MR) is 42.2 cm³/mol. The van der Waals surface area contributed by atoms with Gasteiger partial charge in [0.1, 0.15) is 5.92 Å². The summed E-state index contributed by atoms with van der Waals surface area (Å²) in [6, 6.07) is 0. The Morgan fingerprint density at radius 3 is 3.00 bits per heavy atom. The minimum atomic E-state index is -0.486. The van der Waals surface area contributed by atoms with Crippen molar-refractivity contribution in [2.45, 2.75) is 13.3 Å². The van der Waals surface area contributed by atoms with Crippen LogP contribution in [0.3, 0.4) is 0 Å². The minimum absolute atomic E-state index is 0.0385. The van der Waals surface area contributed by atoms with E-state index in [1.165, 1.54) is 11.8 Å². The molecular weight excluding hydrogens is 164 g/mol. The van der Waals surface area contributed by atoms with Crippen LogP contribution < -0.4 is 0 Å². The first-order chi connectivity index (χ1) is 5.25. The third-order valence-corrected chi connectivity index (χ3v) is 2.52. The Morgan fingerprint density at radius 2 is 2.55 bits per heavy atom. The number of hydrogen-bond donors (Lipinski definition) is 0. The summed E-state index contributed by atoms with van der Waals surface area (Å²) in [5.41, 5.74) is 0. The minimum Gasteiger partial charge on any atom is -0.465 e. The normalized spacial score (nSPS) is 23.7. The molecule has 1 atom stereocenters. The summed E-state index contributed by atoms with van der Waals surface area (Å²) in [5, 5.41) is -0.0385. The van der Waals surface area contributed by atoms with Crippen LogP contribution in [-0.4, -0.2) is 23.4 Å². The van der Waals surface area contributed by atoms with Gasteiger partial charge in [-0.2, -0.15) is 0 Å². The van der Waals surface area contributed by atoms with Gasteiger partial charge in [-0.1, -0.05) is 11.8 Å². The maximum atomic E-state index is 11.0. The Balaban J connectivity index is 2.46. The summed E-state index contributed by atoms with van der Waals surface area (Å²) >= 11 is 1.22. The second-order valence-electron chi connectivity index (χ2n) is 2.26. The molecule has 1 aliphatic heterocycles. The summed E-state index contributed by atoms with van der Waals surface area (Å²) < 4.78 is 4.72. The third kappa shape index (κ3) is 1.96. The molecule has 0 aromatic rings. The van der Waals surface area contributed by atoms with Gasteiger partial charge in [0.15, 0.2) is 0 Å². The highest BCUT2D eigenvalue weighted by molar-refractivity contribution is 8.14. The van der Waals surface area contributed by atoms with Gasteiger partial charge in [0.2, 0.25) is 5.12 Å². The summed E-state index contributed by atoms with van der Waals surface area (Å²) in [6.45, 7) is 2.09. The Morgan fingerprint density at radius 1 is 1.82 bits per heavy atom. The van der Waals surface area contributed by atoms with E-state index in [1.54, 1.807) is 6.92 Å². The van der Waals surface area contributed by atoms with Crippen molar-refractivity contribution in [1.29, 1.82) is 0 Å². The molecule has 3 nitrogen and oxygen atoms in total. The molecule has 0 amide bonds. The highest BCUT2D eigenvalue weighted by Crippen LogP contribution is 2.26. The maximum absolute atomic E-state index is 11.0. The van der Waals surface area contributed by atoms with Gasteiger partial charge in [-0.3, -0.25) is 9.59 Å². The van der Waals surface area contributed by atoms with Crippen molar-refractivity contribution in [3.8, 4) is 0 Å². The van der Waals surface area contributed by atoms with Gasteiger partial charge in [-0.15, -0.1) is 0 Å². The second kappa shape index (κ2) is 3.76. The van der Waals surface area contributed by atoms with E-state index in [0.29, 0.717) is 13.0 Å². The van der Waals surface area contributed by atoms with E-state index in [4.69, 9.17) is 4.74 Å². The van der Waals surface area contributed by atoms with Gasteiger partial charge in [0, 0.05) is 5.75 Å². The third-order valence-electron chi connectivity index (χ3n) is 1.51. The van der Waals surface area contributed by atoms with Crippen LogP contribution in [0.25, 0.3) is 0 Å². The van der Waals surface area contributed by atoms with E-state index in [0.717, 1.165) is 5.75 Å². The molecule has 0 saturated carbocycles. The number of thioether (sulfide) groups is 1. The van der Waals surface area contributed by atoms with E-state index in [2.05, 4.69) is 0 Å². The molecule has 0 aromatic carbocycles. The van der Waals surface area contributed by atoms with Gasteiger partial charge in [-0.05, 0) is 13.3 Å². The van der Waals surface area contributed by atoms with Crippen molar-refractivity contribution in [1.82, 2.24) is 0 Å². The first-order valence-electron chi connectivity index (χ1n) is 3.59. The zero-order valence-corrected chi connectivity index (χ0v) is 7.15. The van der Waals surface area contributed by atoms with Crippen LogP contribution in [0.2, 0.25) is 0 Å². The summed E-state index contributed by atoms with van der Waals surface area (Å²) in [6.07, 6.45) is 0.641. The lowest BCUT2D eigenvalue weighted by Gasteiger charge is -2.04. The first kappa shape index (κ1) is 8.59. The SMILES string of the molecule is CCOC(=O)C1CCSC1=O. The van der Waals surface area contributed by atoms with Gasteiger partial charge in [0.05, 0.1) is 6.61 Å². The molecular formula is C7H10O3S. The van der Waals surface area contributed by atoms with Gasteiger partial charge in [0.25, 0.3) is 0 Å². The lowest BCUT2D eigenvalue weighted by Crippen LogP contribution is -2.20. The number of carbonyl (C=O) groups excluding carboxylic acids is 2. The maximum Gasteiger partial charge on any atom is 0.317 e. The quantitative estimate of drug-likeness (QED) is 0.459. The smallest absolute Gasteiger partial charge is 0.317 e. The fourth-order valence-corrected chi connectivity index (χ4v) is 1.92. The number of hydrogen-bond acceptors (Lipinski definition) is 4. The molecule has 0 N–H and O–H groups in total. The topological polar surface area (TPSA) is 43.4 Å². The molecule has 1 aliphatic rings. The van der Waals surface area contributed by atoms with Crippen LogP contribution in [0.1, 0.15) is 13.3 Å². The molecule has 11 heavy (non-hydrogen) atoms. The van der Waals surface area contributed by atoms with E-state index >= 15 is 0 Å². The number of rotatable bonds is 2. The van der Waals surface area contributed by atoms with Gasteiger partial charge < -0.3 is 4.74 Å². The Labute approximate surface area is 69.5 Å². The van der Waals surface area contributed by atoms with Crippen LogP contribution in [0.4, 0.5) is 0 Å². The Hall–Kier alpha value is -0.510. The van der Waals surface area contributed by atoms with Crippen LogP contribution in [0.15, 0.2) is 0 Å². The van der Waals surface area contributed by atoms with Crippen molar-refractivity contribution >= 4 is 22.8 Å². The first-order valence-corrected chi connectivity index (χ1v) is 4.57. The molecule has 0 aromatic heterocycles. The largest absolute Gasteiger partial charge is 0.465 e. The lowest BCUT2D eigenvalue weighted by atomic mass is 10.1. The standard InChI is InChI=1S/C7H10O3S/c1-2-10-6(8)5-3-4-11-7(5)9/h5H,2-4H2,1H3. The van der Waals surface area contributed by atoms with E-state index in [1.807, 2.05) is 0 Å². The highest BCUT2D eigenvalue weighted by atomic mass is 32.2. The molecule has 0 aliphatic carbocycles. The zero-order chi connectivity index (χ0) is 8.27. The van der Waals surface area contributed by atoms with Crippen LogP contribution >= 0.6 is 11.8 Å². The van der Waals surface area contributed by atoms with Crippen molar-refractivity contribution in [3.05, 3.63) is 0 Å². The van der Waals surface area contributed by atoms with Crippen LogP contribution in [-0.2, 0) is 14.3 Å². The predicted octanol–water partition coefficient (Wildman–Crippen LogP) is 0.829. The molecule has 1 heterocycles. The Kier molecular flexibility index (Phi) is 2.93. The number of carbonyl (C=O) groups is 2. The van der Waals surface area contributed by atoms with E-state index < -0.39 is 5.92 Å². The van der Waals surface area contributed by atoms with Crippen LogP contribution in [0, 0.1) is 5.92 Å². The number of ether oxygens (including phenoxy) is 1. The van der Waals surface area contributed by atoms with Crippen molar-refractivity contribution in [2.24, 2.45) is 5.92 Å². The Bertz CT molecular complexity index is 179. The fraction of sp³-hybridized carbons (Fsp3) is 0.714. The number of esters is 1. The molecule has 1 rings (SSSR count). The monoisotopic (exact) mass is 174 g/mol. The molecule has 1 unspecified atom stereocenters. The average Bonchev–Trinajstić information content (AvgIpc) is 2.36. The van der Waals surface area contributed by atoms with Gasteiger partial charge >= 0.3 is 5.97 Å². The van der Waals surface area contributed by atoms with E-state index in [9.17, 15) is 9.59 Å².